The van der Waals surface area contributed by atoms with Crippen LogP contribution in [0.1, 0.15) is 5.82 Å². The molecule has 0 atom stereocenters. The maximum absolute atomic E-state index is 10.9. The van der Waals surface area contributed by atoms with Crippen molar-refractivity contribution in [3.05, 3.63) is 34.9 Å². The first-order chi connectivity index (χ1) is 8.79. The highest BCUT2D eigenvalue weighted by atomic mass is 32.2. The summed E-state index contributed by atoms with van der Waals surface area (Å²) in [6, 6.07) is 5.50. The number of hydrogen-bond acceptors (Lipinski definition) is 6. The first kappa shape index (κ1) is 13.5. The molecule has 0 saturated heterocycles. The Labute approximate surface area is 114 Å². The first-order valence-corrected chi connectivity index (χ1v) is 6.92. The van der Waals surface area contributed by atoms with E-state index in [9.17, 15) is 8.42 Å². The zero-order valence-corrected chi connectivity index (χ0v) is 11.4. The molecule has 0 amide bonds. The van der Waals surface area contributed by atoms with E-state index in [1.807, 2.05) is 0 Å². The van der Waals surface area contributed by atoms with E-state index < -0.39 is 10.1 Å². The minimum atomic E-state index is -4.20. The van der Waals surface area contributed by atoms with E-state index in [2.05, 4.69) is 10.5 Å². The van der Waals surface area contributed by atoms with Crippen molar-refractivity contribution in [1.82, 2.24) is 14.6 Å². The minimum Gasteiger partial charge on any atom is -0.320 e. The third-order valence-electron chi connectivity index (χ3n) is 2.36. The molecule has 0 saturated carbocycles. The van der Waals surface area contributed by atoms with Crippen LogP contribution in [0.5, 0.6) is 0 Å². The van der Waals surface area contributed by atoms with Crippen molar-refractivity contribution >= 4 is 28.0 Å². The van der Waals surface area contributed by atoms with Crippen LogP contribution in [0.15, 0.2) is 29.2 Å². The van der Waals surface area contributed by atoms with E-state index >= 15 is 0 Å². The SMILES string of the molecule is Cc1nn(N)c(=S)n1Nc1ccc(S(=O)(=O)O)cc1. The van der Waals surface area contributed by atoms with Gasteiger partial charge in [0.1, 0.15) is 5.82 Å². The van der Waals surface area contributed by atoms with Crippen LogP contribution in [-0.2, 0) is 10.1 Å². The molecule has 102 valence electrons. The number of nitrogens with zero attached hydrogens (tertiary/aromatic N) is 3. The second kappa shape index (κ2) is 4.64. The lowest BCUT2D eigenvalue weighted by molar-refractivity contribution is 0.483. The number of nitrogens with two attached hydrogens (primary N) is 1. The van der Waals surface area contributed by atoms with Crippen LogP contribution >= 0.6 is 12.2 Å². The van der Waals surface area contributed by atoms with Crippen molar-refractivity contribution < 1.29 is 13.0 Å². The number of hydrogen-bond donors (Lipinski definition) is 3. The number of aryl methyl sites for hydroxylation is 1. The van der Waals surface area contributed by atoms with Gasteiger partial charge in [-0.15, -0.1) is 9.89 Å². The Morgan fingerprint density at radius 1 is 1.37 bits per heavy atom. The number of anilines is 1. The molecule has 0 aliphatic rings. The summed E-state index contributed by atoms with van der Waals surface area (Å²) in [6.07, 6.45) is 0. The predicted molar refractivity (Wildman–Crippen MR) is 71.2 cm³/mol. The summed E-state index contributed by atoms with van der Waals surface area (Å²) in [6.45, 7) is 1.71. The molecule has 0 spiro atoms. The highest BCUT2D eigenvalue weighted by Gasteiger charge is 2.09. The number of benzene rings is 1. The Bertz CT molecular complexity index is 760. The summed E-state index contributed by atoms with van der Waals surface area (Å²) in [4.78, 5) is 0.859. The summed E-state index contributed by atoms with van der Waals surface area (Å²) in [5, 5.41) is 3.92. The van der Waals surface area contributed by atoms with Gasteiger partial charge in [-0.1, -0.05) is 0 Å². The molecular formula is C9H11N5O3S2. The van der Waals surface area contributed by atoms with Crippen LogP contribution in [0.2, 0.25) is 0 Å². The molecule has 2 rings (SSSR count). The number of nitrogen functional groups attached to an aromatic ring is 1. The summed E-state index contributed by atoms with van der Waals surface area (Å²) >= 11 is 5.04. The molecule has 8 nitrogen and oxygen atoms in total. The third-order valence-corrected chi connectivity index (χ3v) is 3.59. The molecule has 19 heavy (non-hydrogen) atoms. The molecule has 2 aromatic rings. The smallest absolute Gasteiger partial charge is 0.294 e. The summed E-state index contributed by atoms with van der Waals surface area (Å²) < 4.78 is 32.4. The van der Waals surface area contributed by atoms with Crippen LogP contribution in [0.25, 0.3) is 0 Å². The van der Waals surface area contributed by atoms with Crippen molar-refractivity contribution in [3.8, 4) is 0 Å². The van der Waals surface area contributed by atoms with Gasteiger partial charge in [0, 0.05) is 0 Å². The minimum absolute atomic E-state index is 0.187. The monoisotopic (exact) mass is 301 g/mol. The fourth-order valence-electron chi connectivity index (χ4n) is 1.44. The van der Waals surface area contributed by atoms with Crippen molar-refractivity contribution in [2.75, 3.05) is 11.3 Å². The predicted octanol–water partition coefficient (Wildman–Crippen LogP) is 0.558. The lowest BCUT2D eigenvalue weighted by Crippen LogP contribution is -2.14. The topological polar surface area (TPSA) is 115 Å². The van der Waals surface area contributed by atoms with E-state index in [1.165, 1.54) is 28.9 Å². The summed E-state index contributed by atoms with van der Waals surface area (Å²) in [5.41, 5.74) is 3.48. The van der Waals surface area contributed by atoms with E-state index in [-0.39, 0.29) is 9.67 Å². The van der Waals surface area contributed by atoms with Crippen molar-refractivity contribution in [2.45, 2.75) is 11.8 Å². The van der Waals surface area contributed by atoms with Gasteiger partial charge in [-0.25, -0.2) is 4.68 Å². The van der Waals surface area contributed by atoms with Crippen LogP contribution in [0, 0.1) is 11.7 Å². The average molecular weight is 301 g/mol. The number of aromatic nitrogens is 3. The van der Waals surface area contributed by atoms with Crippen molar-refractivity contribution in [1.29, 1.82) is 0 Å². The lowest BCUT2D eigenvalue weighted by atomic mass is 10.3. The molecule has 0 aliphatic carbocycles. The van der Waals surface area contributed by atoms with Crippen LogP contribution in [0.4, 0.5) is 5.69 Å². The Morgan fingerprint density at radius 3 is 2.37 bits per heavy atom. The van der Waals surface area contributed by atoms with E-state index in [1.54, 1.807) is 6.92 Å². The van der Waals surface area contributed by atoms with Gasteiger partial charge in [-0.2, -0.15) is 8.42 Å². The van der Waals surface area contributed by atoms with Gasteiger partial charge in [0.2, 0.25) is 4.77 Å². The molecule has 0 bridgehead atoms. The Kier molecular flexibility index (Phi) is 3.30. The van der Waals surface area contributed by atoms with Crippen molar-refractivity contribution in [3.63, 3.8) is 0 Å². The zero-order valence-electron chi connectivity index (χ0n) is 9.81. The molecule has 1 aromatic carbocycles. The molecule has 0 radical (unpaired) electrons. The Hall–Kier alpha value is -1.91. The van der Waals surface area contributed by atoms with Crippen LogP contribution < -0.4 is 11.3 Å². The average Bonchev–Trinajstić information content (AvgIpc) is 2.56. The molecule has 4 N–H and O–H groups in total. The zero-order chi connectivity index (χ0) is 14.2. The van der Waals surface area contributed by atoms with Gasteiger partial charge in [-0.3, -0.25) is 9.98 Å². The van der Waals surface area contributed by atoms with Gasteiger partial charge < -0.3 is 5.84 Å². The Balaban J connectivity index is 2.32. The first-order valence-electron chi connectivity index (χ1n) is 5.07. The van der Waals surface area contributed by atoms with Gasteiger partial charge in [0.25, 0.3) is 10.1 Å². The lowest BCUT2D eigenvalue weighted by Gasteiger charge is -2.08. The highest BCUT2D eigenvalue weighted by Crippen LogP contribution is 2.14. The van der Waals surface area contributed by atoms with E-state index in [0.29, 0.717) is 11.5 Å². The van der Waals surface area contributed by atoms with Crippen LogP contribution in [0.3, 0.4) is 0 Å². The second-order valence-corrected chi connectivity index (χ2v) is 5.51. The van der Waals surface area contributed by atoms with E-state index in [4.69, 9.17) is 22.6 Å². The van der Waals surface area contributed by atoms with Crippen LogP contribution in [-0.4, -0.2) is 27.5 Å². The molecule has 0 aliphatic heterocycles. The van der Waals surface area contributed by atoms with E-state index in [0.717, 1.165) is 4.79 Å². The maximum atomic E-state index is 10.9. The quantitative estimate of drug-likeness (QED) is 0.431. The summed E-state index contributed by atoms with van der Waals surface area (Å²) in [7, 11) is -4.20. The molecule has 0 fully saturated rings. The fourth-order valence-corrected chi connectivity index (χ4v) is 2.14. The molecule has 1 aromatic heterocycles. The number of rotatable bonds is 3. The van der Waals surface area contributed by atoms with Gasteiger partial charge >= 0.3 is 0 Å². The molecular weight excluding hydrogens is 290 g/mol. The maximum Gasteiger partial charge on any atom is 0.294 e. The highest BCUT2D eigenvalue weighted by molar-refractivity contribution is 7.85. The van der Waals surface area contributed by atoms with Gasteiger partial charge in [-0.05, 0) is 43.4 Å². The molecule has 1 heterocycles. The fraction of sp³-hybridized carbons (Fsp3) is 0.111. The molecule has 10 heteroatoms. The summed E-state index contributed by atoms with van der Waals surface area (Å²) in [5.74, 6) is 6.05. The largest absolute Gasteiger partial charge is 0.320 e. The standard InChI is InChI=1S/C9H11N5O3S2/c1-6-11-14(10)9(18)13(6)12-7-2-4-8(5-3-7)19(15,16)17/h2-5,12H,10H2,1H3,(H,15,16,17). The Morgan fingerprint density at radius 2 is 1.95 bits per heavy atom. The number of nitrogens with one attached hydrogen (secondary N) is 1. The third kappa shape index (κ3) is 2.75. The molecule has 0 unspecified atom stereocenters. The normalized spacial score (nSPS) is 11.5. The van der Waals surface area contributed by atoms with Crippen molar-refractivity contribution in [2.24, 2.45) is 0 Å². The second-order valence-electron chi connectivity index (χ2n) is 3.72. The van der Waals surface area contributed by atoms with Gasteiger partial charge in [0.15, 0.2) is 0 Å². The van der Waals surface area contributed by atoms with Gasteiger partial charge in [0.05, 0.1) is 10.6 Å².